The smallest absolute Gasteiger partial charge is 0.0285 e. The zero-order valence-electron chi connectivity index (χ0n) is 12.0. The van der Waals surface area contributed by atoms with Gasteiger partial charge in [-0.25, -0.2) is 0 Å². The molecule has 0 radical (unpaired) electrons. The van der Waals surface area contributed by atoms with Gasteiger partial charge in [-0.2, -0.15) is 0 Å². The van der Waals surface area contributed by atoms with Crippen LogP contribution < -0.4 is 0 Å². The molecule has 0 spiro atoms. The van der Waals surface area contributed by atoms with Gasteiger partial charge in [-0.15, -0.1) is 0 Å². The minimum Gasteiger partial charge on any atom is -0.312 e. The van der Waals surface area contributed by atoms with Crippen LogP contribution in [-0.4, -0.2) is 11.9 Å². The van der Waals surface area contributed by atoms with E-state index in [1.807, 2.05) is 6.92 Å². The molecule has 1 aromatic carbocycles. The van der Waals surface area contributed by atoms with Crippen molar-refractivity contribution in [2.45, 2.75) is 51.4 Å². The van der Waals surface area contributed by atoms with E-state index >= 15 is 0 Å². The molecule has 0 aromatic heterocycles. The van der Waals surface area contributed by atoms with Crippen molar-refractivity contribution in [3.05, 3.63) is 35.4 Å². The Morgan fingerprint density at radius 1 is 1.37 bits per heavy atom. The Morgan fingerprint density at radius 2 is 2.05 bits per heavy atom. The van der Waals surface area contributed by atoms with Crippen LogP contribution in [0.2, 0.25) is 0 Å². The highest BCUT2D eigenvalue weighted by atomic mass is 14.5. The Morgan fingerprint density at radius 3 is 2.63 bits per heavy atom. The van der Waals surface area contributed by atoms with Crippen LogP contribution in [0, 0.1) is 16.7 Å². The molecule has 1 aliphatic rings. The summed E-state index contributed by atoms with van der Waals surface area (Å²) in [7, 11) is 0. The molecule has 0 heterocycles. The zero-order chi connectivity index (χ0) is 13.9. The normalized spacial score (nSPS) is 17.8. The zero-order valence-corrected chi connectivity index (χ0v) is 12.0. The lowest BCUT2D eigenvalue weighted by molar-refractivity contribution is 0.654. The number of aryl methyl sites for hydroxylation is 1. The second-order valence-corrected chi connectivity index (χ2v) is 5.77. The molecule has 2 N–H and O–H groups in total. The van der Waals surface area contributed by atoms with Crippen molar-refractivity contribution in [2.24, 2.45) is 5.92 Å². The van der Waals surface area contributed by atoms with Gasteiger partial charge in [-0.3, -0.25) is 0 Å². The Balaban J connectivity index is 2.09. The second kappa shape index (κ2) is 5.68. The van der Waals surface area contributed by atoms with Crippen molar-refractivity contribution < 1.29 is 0 Å². The monoisotopic (exact) mass is 256 g/mol. The first kappa shape index (κ1) is 14.0. The van der Waals surface area contributed by atoms with Crippen LogP contribution in [0.15, 0.2) is 24.3 Å². The average molecular weight is 256 g/mol. The summed E-state index contributed by atoms with van der Waals surface area (Å²) in [5.74, 6) is -0.0202. The van der Waals surface area contributed by atoms with Gasteiger partial charge < -0.3 is 10.8 Å². The molecule has 2 nitrogen and oxygen atoms in total. The third-order valence-electron chi connectivity index (χ3n) is 4.58. The summed E-state index contributed by atoms with van der Waals surface area (Å²) in [4.78, 5) is 0. The lowest BCUT2D eigenvalue weighted by atomic mass is 9.86. The highest BCUT2D eigenvalue weighted by Gasteiger charge is 2.43. The maximum Gasteiger partial charge on any atom is 0.0285 e. The molecule has 0 aliphatic heterocycles. The molecule has 1 saturated carbocycles. The van der Waals surface area contributed by atoms with Crippen molar-refractivity contribution in [2.75, 3.05) is 0 Å². The number of nitrogens with one attached hydrogen (secondary N) is 2. The van der Waals surface area contributed by atoms with Gasteiger partial charge in [0.05, 0.1) is 0 Å². The highest BCUT2D eigenvalue weighted by Crippen LogP contribution is 2.52. The maximum atomic E-state index is 7.98. The molecule has 2 rings (SSSR count). The molecule has 1 unspecified atom stereocenters. The lowest BCUT2D eigenvalue weighted by Gasteiger charge is -2.18. The molecule has 1 fully saturated rings. The standard InChI is InChI=1S/C17H24N2/c1-3-17(10-11-17)15-7-5-4-6-14(15)8-9-16(19)13(2)12-18/h4-7,12-13,18-19H,3,8-11H2,1-2H3. The van der Waals surface area contributed by atoms with Gasteiger partial charge in [0, 0.05) is 17.8 Å². The summed E-state index contributed by atoms with van der Waals surface area (Å²) in [6.45, 7) is 4.21. The molecular formula is C17H24N2. The Hall–Kier alpha value is -1.44. The Labute approximate surface area is 116 Å². The van der Waals surface area contributed by atoms with Crippen molar-refractivity contribution in [3.63, 3.8) is 0 Å². The molecule has 0 bridgehead atoms. The van der Waals surface area contributed by atoms with E-state index in [-0.39, 0.29) is 5.92 Å². The average Bonchev–Trinajstić information content (AvgIpc) is 3.25. The molecule has 0 saturated heterocycles. The predicted molar refractivity (Wildman–Crippen MR) is 81.6 cm³/mol. The third kappa shape index (κ3) is 2.94. The molecule has 1 aromatic rings. The van der Waals surface area contributed by atoms with Crippen LogP contribution >= 0.6 is 0 Å². The van der Waals surface area contributed by atoms with Crippen LogP contribution in [0.1, 0.15) is 50.7 Å². The van der Waals surface area contributed by atoms with Gasteiger partial charge in [0.2, 0.25) is 0 Å². The Bertz CT molecular complexity index is 472. The Kier molecular flexibility index (Phi) is 4.18. The van der Waals surface area contributed by atoms with E-state index in [1.54, 1.807) is 0 Å². The number of rotatable bonds is 7. The molecule has 0 amide bonds. The van der Waals surface area contributed by atoms with E-state index in [2.05, 4.69) is 31.2 Å². The van der Waals surface area contributed by atoms with Gasteiger partial charge in [-0.05, 0) is 48.6 Å². The van der Waals surface area contributed by atoms with Crippen molar-refractivity contribution in [1.82, 2.24) is 0 Å². The SMILES string of the molecule is CCC1(c2ccccc2CCC(=N)C(C)C=N)CC1. The maximum absolute atomic E-state index is 7.98. The fourth-order valence-electron chi connectivity index (χ4n) is 2.82. The first-order chi connectivity index (χ1) is 9.13. The number of benzene rings is 1. The van der Waals surface area contributed by atoms with Gasteiger partial charge in [0.15, 0.2) is 0 Å². The fraction of sp³-hybridized carbons (Fsp3) is 0.529. The van der Waals surface area contributed by atoms with Crippen molar-refractivity contribution in [1.29, 1.82) is 10.8 Å². The minimum absolute atomic E-state index is 0.0202. The summed E-state index contributed by atoms with van der Waals surface area (Å²) >= 11 is 0. The third-order valence-corrected chi connectivity index (χ3v) is 4.58. The fourth-order valence-corrected chi connectivity index (χ4v) is 2.82. The van der Waals surface area contributed by atoms with E-state index in [4.69, 9.17) is 10.8 Å². The number of hydrogen-bond acceptors (Lipinski definition) is 2. The molecule has 1 aliphatic carbocycles. The van der Waals surface area contributed by atoms with Crippen LogP contribution in [0.5, 0.6) is 0 Å². The van der Waals surface area contributed by atoms with Crippen molar-refractivity contribution >= 4 is 11.9 Å². The van der Waals surface area contributed by atoms with Gasteiger partial charge in [0.1, 0.15) is 0 Å². The first-order valence-corrected chi connectivity index (χ1v) is 7.29. The van der Waals surface area contributed by atoms with E-state index < -0.39 is 0 Å². The molecular weight excluding hydrogens is 232 g/mol. The number of hydrogen-bond donors (Lipinski definition) is 2. The quantitative estimate of drug-likeness (QED) is 0.681. The summed E-state index contributed by atoms with van der Waals surface area (Å²) in [6, 6.07) is 8.73. The molecule has 1 atom stereocenters. The largest absolute Gasteiger partial charge is 0.312 e. The van der Waals surface area contributed by atoms with Crippen molar-refractivity contribution in [3.8, 4) is 0 Å². The van der Waals surface area contributed by atoms with E-state index in [9.17, 15) is 0 Å². The second-order valence-electron chi connectivity index (χ2n) is 5.77. The summed E-state index contributed by atoms with van der Waals surface area (Å²) in [6.07, 6.45) is 6.92. The van der Waals surface area contributed by atoms with Gasteiger partial charge in [0.25, 0.3) is 0 Å². The van der Waals surface area contributed by atoms with Crippen LogP contribution in [0.25, 0.3) is 0 Å². The van der Waals surface area contributed by atoms with Crippen LogP contribution in [0.3, 0.4) is 0 Å². The van der Waals surface area contributed by atoms with E-state index in [1.165, 1.54) is 36.6 Å². The summed E-state index contributed by atoms with van der Waals surface area (Å²) in [5, 5.41) is 15.2. The molecule has 102 valence electrons. The summed E-state index contributed by atoms with van der Waals surface area (Å²) in [5.41, 5.74) is 4.02. The molecule has 2 heteroatoms. The summed E-state index contributed by atoms with van der Waals surface area (Å²) < 4.78 is 0. The minimum atomic E-state index is -0.0202. The van der Waals surface area contributed by atoms with Gasteiger partial charge >= 0.3 is 0 Å². The lowest BCUT2D eigenvalue weighted by Crippen LogP contribution is -2.14. The van der Waals surface area contributed by atoms with E-state index in [0.29, 0.717) is 11.1 Å². The van der Waals surface area contributed by atoms with Crippen LogP contribution in [0.4, 0.5) is 0 Å². The van der Waals surface area contributed by atoms with Crippen LogP contribution in [-0.2, 0) is 11.8 Å². The predicted octanol–water partition coefficient (Wildman–Crippen LogP) is 4.37. The van der Waals surface area contributed by atoms with Gasteiger partial charge in [-0.1, -0.05) is 38.1 Å². The highest BCUT2D eigenvalue weighted by molar-refractivity contribution is 5.95. The van der Waals surface area contributed by atoms with E-state index in [0.717, 1.165) is 12.8 Å². The molecule has 19 heavy (non-hydrogen) atoms. The first-order valence-electron chi connectivity index (χ1n) is 7.29. The topological polar surface area (TPSA) is 47.7 Å².